The largest absolute Gasteiger partial charge is 0.379 e. The van der Waals surface area contributed by atoms with E-state index in [4.69, 9.17) is 4.74 Å². The fourth-order valence-corrected chi connectivity index (χ4v) is 4.56. The molecule has 1 saturated heterocycles. The Morgan fingerprint density at radius 3 is 2.32 bits per heavy atom. The molecule has 3 aromatic rings. The first-order valence-corrected chi connectivity index (χ1v) is 10.3. The molecule has 1 aromatic heterocycles. The van der Waals surface area contributed by atoms with Gasteiger partial charge in [-0.2, -0.15) is 0 Å². The lowest BCUT2D eigenvalue weighted by molar-refractivity contribution is 0.0240. The summed E-state index contributed by atoms with van der Waals surface area (Å²) in [7, 11) is 4.18. The number of ether oxygens (including phenoxy) is 1. The highest BCUT2D eigenvalue weighted by Crippen LogP contribution is 2.38. The third-order valence-corrected chi connectivity index (χ3v) is 6.01. The Morgan fingerprint density at radius 1 is 1.00 bits per heavy atom. The topological polar surface area (TPSA) is 20.6 Å². The molecule has 28 heavy (non-hydrogen) atoms. The lowest BCUT2D eigenvalue weighted by atomic mass is 9.94. The monoisotopic (exact) mass is 377 g/mol. The van der Waals surface area contributed by atoms with Crippen LogP contribution in [0.5, 0.6) is 0 Å². The van der Waals surface area contributed by atoms with Crippen molar-refractivity contribution in [1.82, 2.24) is 9.47 Å². The van der Waals surface area contributed by atoms with Crippen LogP contribution in [0.4, 0.5) is 5.69 Å². The van der Waals surface area contributed by atoms with Crippen molar-refractivity contribution in [3.8, 4) is 0 Å². The van der Waals surface area contributed by atoms with Crippen LogP contribution in [0.3, 0.4) is 0 Å². The second-order valence-electron chi connectivity index (χ2n) is 7.80. The van der Waals surface area contributed by atoms with Crippen LogP contribution in [0, 0.1) is 6.92 Å². The summed E-state index contributed by atoms with van der Waals surface area (Å²) in [4.78, 5) is 4.74. The number of hydrogen-bond donors (Lipinski definition) is 0. The van der Waals surface area contributed by atoms with Gasteiger partial charge < -0.3 is 14.2 Å². The summed E-state index contributed by atoms with van der Waals surface area (Å²) in [5.41, 5.74) is 6.74. The van der Waals surface area contributed by atoms with E-state index in [1.807, 2.05) is 0 Å². The Morgan fingerprint density at radius 2 is 1.68 bits per heavy atom. The Labute approximate surface area is 168 Å². The van der Waals surface area contributed by atoms with Crippen LogP contribution in [0.2, 0.25) is 0 Å². The lowest BCUT2D eigenvalue weighted by Crippen LogP contribution is -2.39. The van der Waals surface area contributed by atoms with Crippen molar-refractivity contribution >= 4 is 16.6 Å². The molecule has 0 spiro atoms. The molecule has 2 heterocycles. The number of aromatic nitrogens is 1. The predicted molar refractivity (Wildman–Crippen MR) is 117 cm³/mol. The quantitative estimate of drug-likeness (QED) is 0.655. The van der Waals surface area contributed by atoms with E-state index in [1.54, 1.807) is 0 Å². The van der Waals surface area contributed by atoms with Gasteiger partial charge in [-0.25, -0.2) is 0 Å². The molecule has 0 aliphatic carbocycles. The molecule has 1 unspecified atom stereocenters. The molecule has 148 valence electrons. The summed E-state index contributed by atoms with van der Waals surface area (Å²) in [6.07, 6.45) is 0. The van der Waals surface area contributed by atoms with Gasteiger partial charge >= 0.3 is 0 Å². The minimum atomic E-state index is 0.248. The van der Waals surface area contributed by atoms with Crippen LogP contribution in [0.25, 0.3) is 10.9 Å². The number of aryl methyl sites for hydroxylation is 1. The third-order valence-electron chi connectivity index (χ3n) is 6.01. The lowest BCUT2D eigenvalue weighted by Gasteiger charge is -2.35. The van der Waals surface area contributed by atoms with E-state index in [1.165, 1.54) is 33.4 Å². The minimum Gasteiger partial charge on any atom is -0.379 e. The van der Waals surface area contributed by atoms with Crippen LogP contribution in [0.1, 0.15) is 29.8 Å². The smallest absolute Gasteiger partial charge is 0.0627 e. The summed E-state index contributed by atoms with van der Waals surface area (Å²) >= 11 is 0. The van der Waals surface area contributed by atoms with Gasteiger partial charge in [0.15, 0.2) is 0 Å². The molecule has 4 nitrogen and oxygen atoms in total. The average Bonchev–Trinajstić information content (AvgIpc) is 3.01. The van der Waals surface area contributed by atoms with E-state index < -0.39 is 0 Å². The van der Waals surface area contributed by atoms with E-state index in [2.05, 4.69) is 90.8 Å². The average molecular weight is 378 g/mol. The zero-order valence-corrected chi connectivity index (χ0v) is 17.5. The van der Waals surface area contributed by atoms with Crippen molar-refractivity contribution in [3.63, 3.8) is 0 Å². The first kappa shape index (κ1) is 19.0. The molecular weight excluding hydrogens is 346 g/mol. The summed E-state index contributed by atoms with van der Waals surface area (Å²) in [5, 5.41) is 1.37. The van der Waals surface area contributed by atoms with E-state index >= 15 is 0 Å². The van der Waals surface area contributed by atoms with Gasteiger partial charge in [-0.1, -0.05) is 30.3 Å². The normalized spacial score (nSPS) is 16.4. The maximum absolute atomic E-state index is 5.66. The predicted octanol–water partition coefficient (Wildman–Crippen LogP) is 4.46. The van der Waals surface area contributed by atoms with Crippen LogP contribution >= 0.6 is 0 Å². The Balaban J connectivity index is 1.89. The molecule has 0 amide bonds. The van der Waals surface area contributed by atoms with Crippen molar-refractivity contribution in [2.75, 3.05) is 45.3 Å². The number of benzene rings is 2. The van der Waals surface area contributed by atoms with E-state index in [0.29, 0.717) is 0 Å². The number of hydrogen-bond acceptors (Lipinski definition) is 3. The van der Waals surface area contributed by atoms with Crippen molar-refractivity contribution < 1.29 is 4.74 Å². The van der Waals surface area contributed by atoms with Crippen LogP contribution < -0.4 is 4.90 Å². The van der Waals surface area contributed by atoms with Crippen molar-refractivity contribution in [2.45, 2.75) is 26.4 Å². The molecule has 1 aliphatic heterocycles. The molecule has 1 fully saturated rings. The standard InChI is InChI=1S/C24H31N3O/c1-5-27-18(2)23(21-8-6-7-9-22(21)27)24(26-14-16-28-17-15-26)19-10-12-20(13-11-19)25(3)4/h6-13,24H,5,14-17H2,1-4H3. The van der Waals surface area contributed by atoms with E-state index in [0.717, 1.165) is 32.8 Å². The molecule has 0 N–H and O–H groups in total. The van der Waals surface area contributed by atoms with Gasteiger partial charge in [0.25, 0.3) is 0 Å². The molecule has 1 atom stereocenters. The summed E-state index contributed by atoms with van der Waals surface area (Å²) < 4.78 is 8.11. The number of para-hydroxylation sites is 1. The molecular formula is C24H31N3O. The van der Waals surface area contributed by atoms with Gasteiger partial charge in [0.1, 0.15) is 0 Å². The second-order valence-corrected chi connectivity index (χ2v) is 7.80. The van der Waals surface area contributed by atoms with E-state index in [-0.39, 0.29) is 6.04 Å². The SMILES string of the molecule is CCn1c(C)c(C(c2ccc(N(C)C)cc2)N2CCOCC2)c2ccccc21. The Hall–Kier alpha value is -2.30. The molecule has 0 bridgehead atoms. The van der Waals surface area contributed by atoms with Crippen LogP contribution in [-0.2, 0) is 11.3 Å². The van der Waals surface area contributed by atoms with Gasteiger partial charge in [-0.3, -0.25) is 4.90 Å². The third kappa shape index (κ3) is 3.31. The van der Waals surface area contributed by atoms with Crippen LogP contribution in [0.15, 0.2) is 48.5 Å². The van der Waals surface area contributed by atoms with Gasteiger partial charge in [0, 0.05) is 61.6 Å². The maximum Gasteiger partial charge on any atom is 0.0627 e. The highest BCUT2D eigenvalue weighted by molar-refractivity contribution is 5.86. The van der Waals surface area contributed by atoms with Gasteiger partial charge in [-0.15, -0.1) is 0 Å². The summed E-state index contributed by atoms with van der Waals surface area (Å²) in [6.45, 7) is 9.03. The number of rotatable bonds is 5. The highest BCUT2D eigenvalue weighted by atomic mass is 16.5. The molecule has 4 heteroatoms. The van der Waals surface area contributed by atoms with Crippen molar-refractivity contribution in [2.24, 2.45) is 0 Å². The number of nitrogens with zero attached hydrogens (tertiary/aromatic N) is 3. The number of morpholine rings is 1. The van der Waals surface area contributed by atoms with Crippen molar-refractivity contribution in [3.05, 3.63) is 65.4 Å². The molecule has 1 aliphatic rings. The fourth-order valence-electron chi connectivity index (χ4n) is 4.56. The zero-order chi connectivity index (χ0) is 19.7. The number of anilines is 1. The minimum absolute atomic E-state index is 0.248. The van der Waals surface area contributed by atoms with Gasteiger partial charge in [-0.05, 0) is 37.6 Å². The molecule has 0 radical (unpaired) electrons. The van der Waals surface area contributed by atoms with E-state index in [9.17, 15) is 0 Å². The second kappa shape index (κ2) is 7.98. The first-order valence-electron chi connectivity index (χ1n) is 10.3. The Kier molecular flexibility index (Phi) is 5.42. The van der Waals surface area contributed by atoms with Crippen LogP contribution in [-0.4, -0.2) is 49.9 Å². The maximum atomic E-state index is 5.66. The fraction of sp³-hybridized carbons (Fsp3) is 0.417. The molecule has 0 saturated carbocycles. The first-order chi connectivity index (χ1) is 13.6. The van der Waals surface area contributed by atoms with Crippen molar-refractivity contribution in [1.29, 1.82) is 0 Å². The molecule has 2 aromatic carbocycles. The highest BCUT2D eigenvalue weighted by Gasteiger charge is 2.29. The molecule has 4 rings (SSSR count). The summed E-state index contributed by atoms with van der Waals surface area (Å²) in [6, 6.07) is 18.2. The van der Waals surface area contributed by atoms with Gasteiger partial charge in [0.05, 0.1) is 19.3 Å². The number of fused-ring (bicyclic) bond motifs is 1. The zero-order valence-electron chi connectivity index (χ0n) is 17.5. The Bertz CT molecular complexity index is 936. The summed E-state index contributed by atoms with van der Waals surface area (Å²) in [5.74, 6) is 0. The van der Waals surface area contributed by atoms with Gasteiger partial charge in [0.2, 0.25) is 0 Å².